The smallest absolute Gasteiger partial charge is 0.409 e. The lowest BCUT2D eigenvalue weighted by molar-refractivity contribution is -0.117. The first-order chi connectivity index (χ1) is 10.6. The average Bonchev–Trinajstić information content (AvgIpc) is 2.53. The van der Waals surface area contributed by atoms with E-state index >= 15 is 0 Å². The van der Waals surface area contributed by atoms with Crippen molar-refractivity contribution < 1.29 is 14.3 Å². The SMILES string of the molecule is CCCCNC(=O)/C(C#N)=C\N1CCN(C(=O)OCC)CC1. The average molecular weight is 308 g/mol. The summed E-state index contributed by atoms with van der Waals surface area (Å²) in [6.45, 7) is 6.93. The monoisotopic (exact) mass is 308 g/mol. The molecule has 0 unspecified atom stereocenters. The van der Waals surface area contributed by atoms with Crippen LogP contribution < -0.4 is 5.32 Å². The lowest BCUT2D eigenvalue weighted by atomic mass is 10.2. The molecule has 1 fully saturated rings. The molecule has 7 heteroatoms. The molecule has 1 rings (SSSR count). The summed E-state index contributed by atoms with van der Waals surface area (Å²) >= 11 is 0. The Morgan fingerprint density at radius 2 is 1.95 bits per heavy atom. The van der Waals surface area contributed by atoms with E-state index in [4.69, 9.17) is 10.00 Å². The lowest BCUT2D eigenvalue weighted by Gasteiger charge is -2.33. The summed E-state index contributed by atoms with van der Waals surface area (Å²) < 4.78 is 4.95. The van der Waals surface area contributed by atoms with Crippen molar-refractivity contribution in [3.05, 3.63) is 11.8 Å². The van der Waals surface area contributed by atoms with Gasteiger partial charge < -0.3 is 19.9 Å². The van der Waals surface area contributed by atoms with Gasteiger partial charge in [-0.3, -0.25) is 4.79 Å². The van der Waals surface area contributed by atoms with Gasteiger partial charge in [-0.05, 0) is 13.3 Å². The number of nitrogens with one attached hydrogen (secondary N) is 1. The Labute approximate surface area is 131 Å². The molecule has 1 N–H and O–H groups in total. The van der Waals surface area contributed by atoms with Gasteiger partial charge in [0.15, 0.2) is 0 Å². The number of hydrogen-bond acceptors (Lipinski definition) is 5. The first-order valence-electron chi connectivity index (χ1n) is 7.68. The van der Waals surface area contributed by atoms with E-state index in [2.05, 4.69) is 5.32 Å². The second-order valence-corrected chi connectivity index (χ2v) is 4.99. The maximum Gasteiger partial charge on any atom is 0.409 e. The third kappa shape index (κ3) is 5.64. The molecule has 1 heterocycles. The Morgan fingerprint density at radius 1 is 1.27 bits per heavy atom. The molecule has 22 heavy (non-hydrogen) atoms. The molecule has 2 amide bonds. The Hall–Kier alpha value is -2.23. The molecule has 0 aromatic carbocycles. The zero-order chi connectivity index (χ0) is 16.4. The van der Waals surface area contributed by atoms with Gasteiger partial charge in [0.05, 0.1) is 6.61 Å². The molecule has 0 aromatic heterocycles. The van der Waals surface area contributed by atoms with Crippen molar-refractivity contribution in [2.45, 2.75) is 26.7 Å². The van der Waals surface area contributed by atoms with E-state index < -0.39 is 0 Å². The molecule has 0 aromatic rings. The summed E-state index contributed by atoms with van der Waals surface area (Å²) in [4.78, 5) is 27.0. The molecule has 0 bridgehead atoms. The van der Waals surface area contributed by atoms with Crippen LogP contribution >= 0.6 is 0 Å². The second kappa shape index (κ2) is 9.66. The van der Waals surface area contributed by atoms with Crippen molar-refractivity contribution >= 4 is 12.0 Å². The standard InChI is InChI=1S/C15H24N4O3/c1-3-5-6-17-14(20)13(11-16)12-18-7-9-19(10-8-18)15(21)22-4-2/h12H,3-10H2,1-2H3,(H,17,20)/b13-12-. The molecule has 1 saturated heterocycles. The number of ether oxygens (including phenoxy) is 1. The molecule has 0 spiro atoms. The molecule has 0 saturated carbocycles. The molecule has 0 aliphatic carbocycles. The van der Waals surface area contributed by atoms with Crippen molar-refractivity contribution in [2.75, 3.05) is 39.3 Å². The van der Waals surface area contributed by atoms with Gasteiger partial charge in [0, 0.05) is 38.9 Å². The fraction of sp³-hybridized carbons (Fsp3) is 0.667. The quantitative estimate of drug-likeness (QED) is 0.451. The topological polar surface area (TPSA) is 85.7 Å². The van der Waals surface area contributed by atoms with Crippen LogP contribution in [-0.2, 0) is 9.53 Å². The first-order valence-corrected chi connectivity index (χ1v) is 7.68. The number of carbonyl (C=O) groups excluding carboxylic acids is 2. The molecular formula is C15H24N4O3. The van der Waals surface area contributed by atoms with E-state index in [0.717, 1.165) is 12.8 Å². The number of unbranched alkanes of at least 4 members (excludes halogenated alkanes) is 1. The van der Waals surface area contributed by atoms with Gasteiger partial charge in [0.1, 0.15) is 11.6 Å². The zero-order valence-corrected chi connectivity index (χ0v) is 13.3. The highest BCUT2D eigenvalue weighted by molar-refractivity contribution is 5.97. The number of hydrogen-bond donors (Lipinski definition) is 1. The number of amides is 2. The minimum Gasteiger partial charge on any atom is -0.450 e. The van der Waals surface area contributed by atoms with Crippen LogP contribution in [-0.4, -0.2) is 61.1 Å². The molecule has 122 valence electrons. The predicted octanol–water partition coefficient (Wildman–Crippen LogP) is 1.08. The highest BCUT2D eigenvalue weighted by atomic mass is 16.6. The number of piperazine rings is 1. The maximum absolute atomic E-state index is 11.9. The summed E-state index contributed by atoms with van der Waals surface area (Å²) in [5.41, 5.74) is 0.0979. The fourth-order valence-electron chi connectivity index (χ4n) is 2.04. The Bertz CT molecular complexity index is 448. The van der Waals surface area contributed by atoms with E-state index in [9.17, 15) is 9.59 Å². The van der Waals surface area contributed by atoms with E-state index in [0.29, 0.717) is 39.3 Å². The van der Waals surface area contributed by atoms with Crippen molar-refractivity contribution in [3.8, 4) is 6.07 Å². The van der Waals surface area contributed by atoms with E-state index in [1.807, 2.05) is 17.9 Å². The molecule has 1 aliphatic heterocycles. The van der Waals surface area contributed by atoms with Gasteiger partial charge in [-0.25, -0.2) is 4.79 Å². The van der Waals surface area contributed by atoms with Gasteiger partial charge in [-0.2, -0.15) is 5.26 Å². The predicted molar refractivity (Wildman–Crippen MR) is 81.8 cm³/mol. The molecule has 1 aliphatic rings. The largest absolute Gasteiger partial charge is 0.450 e. The zero-order valence-electron chi connectivity index (χ0n) is 13.3. The van der Waals surface area contributed by atoms with Crippen molar-refractivity contribution in [3.63, 3.8) is 0 Å². The van der Waals surface area contributed by atoms with Crippen molar-refractivity contribution in [1.29, 1.82) is 5.26 Å². The summed E-state index contributed by atoms with van der Waals surface area (Å²) in [6.07, 6.45) is 3.14. The summed E-state index contributed by atoms with van der Waals surface area (Å²) in [5.74, 6) is -0.344. The third-order valence-corrected chi connectivity index (χ3v) is 3.33. The van der Waals surface area contributed by atoms with Crippen LogP contribution in [0, 0.1) is 11.3 Å². The summed E-state index contributed by atoms with van der Waals surface area (Å²) in [6, 6.07) is 1.93. The number of rotatable bonds is 6. The summed E-state index contributed by atoms with van der Waals surface area (Å²) in [7, 11) is 0. The van der Waals surface area contributed by atoms with Gasteiger partial charge in [0.25, 0.3) is 5.91 Å². The van der Waals surface area contributed by atoms with Crippen LogP contribution in [0.3, 0.4) is 0 Å². The van der Waals surface area contributed by atoms with Crippen molar-refractivity contribution in [1.82, 2.24) is 15.1 Å². The van der Waals surface area contributed by atoms with Crippen LogP contribution in [0.5, 0.6) is 0 Å². The van der Waals surface area contributed by atoms with Gasteiger partial charge in [-0.1, -0.05) is 13.3 Å². The lowest BCUT2D eigenvalue weighted by Crippen LogP contribution is -2.47. The second-order valence-electron chi connectivity index (χ2n) is 4.99. The Balaban J connectivity index is 2.49. The van der Waals surface area contributed by atoms with Crippen LogP contribution in [0.1, 0.15) is 26.7 Å². The van der Waals surface area contributed by atoms with Crippen LogP contribution in [0.2, 0.25) is 0 Å². The minimum atomic E-state index is -0.344. The van der Waals surface area contributed by atoms with Crippen LogP contribution in [0.4, 0.5) is 4.79 Å². The third-order valence-electron chi connectivity index (χ3n) is 3.33. The normalized spacial score (nSPS) is 15.2. The van der Waals surface area contributed by atoms with Crippen LogP contribution in [0.15, 0.2) is 11.8 Å². The van der Waals surface area contributed by atoms with Crippen molar-refractivity contribution in [2.24, 2.45) is 0 Å². The minimum absolute atomic E-state index is 0.0979. The highest BCUT2D eigenvalue weighted by Crippen LogP contribution is 2.06. The van der Waals surface area contributed by atoms with E-state index in [1.165, 1.54) is 0 Å². The van der Waals surface area contributed by atoms with Gasteiger partial charge >= 0.3 is 6.09 Å². The maximum atomic E-state index is 11.9. The van der Waals surface area contributed by atoms with E-state index in [1.54, 1.807) is 18.0 Å². The van der Waals surface area contributed by atoms with E-state index in [-0.39, 0.29) is 17.6 Å². The molecular weight excluding hydrogens is 284 g/mol. The Kier molecular flexibility index (Phi) is 7.83. The molecule has 7 nitrogen and oxygen atoms in total. The molecule has 0 atom stereocenters. The first kappa shape index (κ1) is 17.8. The van der Waals surface area contributed by atoms with Crippen LogP contribution in [0.25, 0.3) is 0 Å². The summed E-state index contributed by atoms with van der Waals surface area (Å²) in [5, 5.41) is 11.8. The fourth-order valence-corrected chi connectivity index (χ4v) is 2.04. The number of carbonyl (C=O) groups is 2. The molecule has 0 radical (unpaired) electrons. The van der Waals surface area contributed by atoms with Gasteiger partial charge in [0.2, 0.25) is 0 Å². The van der Waals surface area contributed by atoms with Gasteiger partial charge in [-0.15, -0.1) is 0 Å². The highest BCUT2D eigenvalue weighted by Gasteiger charge is 2.21. The number of nitriles is 1. The Morgan fingerprint density at radius 3 is 2.50 bits per heavy atom. The number of nitrogens with zero attached hydrogens (tertiary/aromatic N) is 3.